The fraction of sp³-hybridized carbons (Fsp3) is 0.471. The van der Waals surface area contributed by atoms with Crippen molar-refractivity contribution in [3.05, 3.63) is 36.5 Å². The van der Waals surface area contributed by atoms with Crippen LogP contribution in [0, 0.1) is 0 Å². The Bertz CT molecular complexity index is 726. The van der Waals surface area contributed by atoms with E-state index in [-0.39, 0.29) is 4.90 Å². The molecule has 2 rings (SSSR count). The zero-order valence-electron chi connectivity index (χ0n) is 13.8. The van der Waals surface area contributed by atoms with Crippen LogP contribution in [-0.4, -0.2) is 44.5 Å². The number of fused-ring (bicyclic) bond motifs is 1. The molecule has 0 radical (unpaired) electrons. The largest absolute Gasteiger partial charge is 0.302 e. The Balaban J connectivity index is 2.06. The Morgan fingerprint density at radius 3 is 2.65 bits per heavy atom. The summed E-state index contributed by atoms with van der Waals surface area (Å²) in [6, 6.07) is 8.89. The highest BCUT2D eigenvalue weighted by Gasteiger charge is 2.17. The molecular weight excluding hydrogens is 310 g/mol. The van der Waals surface area contributed by atoms with E-state index in [0.717, 1.165) is 31.3 Å². The first-order valence-electron chi connectivity index (χ1n) is 8.14. The molecule has 126 valence electrons. The number of benzene rings is 1. The summed E-state index contributed by atoms with van der Waals surface area (Å²) in [6.07, 6.45) is 3.89. The number of hydrogen-bond donors (Lipinski definition) is 1. The van der Waals surface area contributed by atoms with Gasteiger partial charge >= 0.3 is 0 Å². The van der Waals surface area contributed by atoms with Crippen LogP contribution in [0.1, 0.15) is 26.7 Å². The molecule has 0 spiro atoms. The number of aromatic nitrogens is 1. The summed E-state index contributed by atoms with van der Waals surface area (Å²) in [4.78, 5) is 6.72. The molecule has 1 aromatic heterocycles. The normalized spacial score (nSPS) is 12.1. The number of rotatable bonds is 9. The van der Waals surface area contributed by atoms with Gasteiger partial charge in [0.25, 0.3) is 0 Å². The molecule has 0 fully saturated rings. The minimum absolute atomic E-state index is 0.243. The average Bonchev–Trinajstić information content (AvgIpc) is 2.57. The van der Waals surface area contributed by atoms with Gasteiger partial charge in [0.2, 0.25) is 10.0 Å². The number of pyridine rings is 1. The van der Waals surface area contributed by atoms with Crippen LogP contribution < -0.4 is 4.72 Å². The Morgan fingerprint density at radius 1 is 1.13 bits per heavy atom. The van der Waals surface area contributed by atoms with Crippen molar-refractivity contribution in [2.75, 3.05) is 26.2 Å². The highest BCUT2D eigenvalue weighted by molar-refractivity contribution is 7.89. The van der Waals surface area contributed by atoms with Gasteiger partial charge in [0.1, 0.15) is 4.90 Å². The Hall–Kier alpha value is -1.50. The number of nitrogens with zero attached hydrogens (tertiary/aromatic N) is 2. The second-order valence-electron chi connectivity index (χ2n) is 5.52. The van der Waals surface area contributed by atoms with Crippen LogP contribution in [0.2, 0.25) is 0 Å². The molecular formula is C17H25N3O2S. The molecule has 1 aromatic carbocycles. The summed E-state index contributed by atoms with van der Waals surface area (Å²) >= 11 is 0. The van der Waals surface area contributed by atoms with Crippen LogP contribution in [0.15, 0.2) is 41.4 Å². The van der Waals surface area contributed by atoms with Crippen molar-refractivity contribution in [3.63, 3.8) is 0 Å². The van der Waals surface area contributed by atoms with Gasteiger partial charge in [0.05, 0.1) is 5.52 Å². The molecule has 0 saturated heterocycles. The van der Waals surface area contributed by atoms with Crippen molar-refractivity contribution < 1.29 is 8.42 Å². The lowest BCUT2D eigenvalue weighted by Gasteiger charge is -2.20. The molecule has 6 heteroatoms. The summed E-state index contributed by atoms with van der Waals surface area (Å²) in [5, 5.41) is 0.827. The minimum atomic E-state index is -3.55. The first-order chi connectivity index (χ1) is 11.1. The molecule has 0 unspecified atom stereocenters. The van der Waals surface area contributed by atoms with E-state index in [9.17, 15) is 8.42 Å². The number of unbranched alkanes of at least 4 members (excludes halogenated alkanes) is 1. The number of nitrogens with one attached hydrogen (secondary N) is 1. The van der Waals surface area contributed by atoms with Crippen LogP contribution in [0.4, 0.5) is 0 Å². The summed E-state index contributed by atoms with van der Waals surface area (Å²) in [6.45, 7) is 7.31. The van der Waals surface area contributed by atoms with Gasteiger partial charge in [-0.25, -0.2) is 13.1 Å². The van der Waals surface area contributed by atoms with E-state index in [2.05, 4.69) is 28.5 Å². The van der Waals surface area contributed by atoms with Crippen LogP contribution in [0.3, 0.4) is 0 Å². The van der Waals surface area contributed by atoms with Crippen molar-refractivity contribution in [2.45, 2.75) is 31.6 Å². The van der Waals surface area contributed by atoms with Crippen LogP contribution >= 0.6 is 0 Å². The number of hydrogen-bond acceptors (Lipinski definition) is 4. The van der Waals surface area contributed by atoms with E-state index in [1.54, 1.807) is 24.4 Å². The smallest absolute Gasteiger partial charge is 0.242 e. The topological polar surface area (TPSA) is 62.3 Å². The van der Waals surface area contributed by atoms with Gasteiger partial charge in [0, 0.05) is 24.7 Å². The van der Waals surface area contributed by atoms with Crippen molar-refractivity contribution >= 4 is 20.9 Å². The monoisotopic (exact) mass is 335 g/mol. The third-order valence-corrected chi connectivity index (χ3v) is 5.37. The molecule has 0 aliphatic rings. The minimum Gasteiger partial charge on any atom is -0.302 e. The maximum Gasteiger partial charge on any atom is 0.242 e. The lowest BCUT2D eigenvalue weighted by atomic mass is 10.2. The highest BCUT2D eigenvalue weighted by atomic mass is 32.2. The lowest BCUT2D eigenvalue weighted by Crippen LogP contribution is -2.35. The van der Waals surface area contributed by atoms with E-state index in [1.807, 2.05) is 12.1 Å². The zero-order valence-corrected chi connectivity index (χ0v) is 14.6. The van der Waals surface area contributed by atoms with Crippen molar-refractivity contribution in [3.8, 4) is 0 Å². The summed E-state index contributed by atoms with van der Waals surface area (Å²) in [5.74, 6) is 0. The van der Waals surface area contributed by atoms with Gasteiger partial charge in [-0.15, -0.1) is 0 Å². The summed E-state index contributed by atoms with van der Waals surface area (Å²) < 4.78 is 27.8. The van der Waals surface area contributed by atoms with Gasteiger partial charge in [0.15, 0.2) is 0 Å². The Morgan fingerprint density at radius 2 is 1.91 bits per heavy atom. The second kappa shape index (κ2) is 8.38. The predicted molar refractivity (Wildman–Crippen MR) is 94.0 cm³/mol. The van der Waals surface area contributed by atoms with Gasteiger partial charge in [-0.3, -0.25) is 4.98 Å². The molecule has 0 saturated carbocycles. The Labute approximate surface area is 138 Å². The summed E-state index contributed by atoms with van der Waals surface area (Å²) in [5.41, 5.74) is 0.515. The SMILES string of the molecule is CCCCN(CC)CCNS(=O)(=O)c1cccc2cccnc12. The molecule has 23 heavy (non-hydrogen) atoms. The van der Waals surface area contributed by atoms with Crippen LogP contribution in [-0.2, 0) is 10.0 Å². The second-order valence-corrected chi connectivity index (χ2v) is 7.25. The molecule has 0 aliphatic carbocycles. The van der Waals surface area contributed by atoms with Gasteiger partial charge in [-0.05, 0) is 31.6 Å². The van der Waals surface area contributed by atoms with E-state index in [1.165, 1.54) is 0 Å². The van der Waals surface area contributed by atoms with Gasteiger partial charge < -0.3 is 4.90 Å². The van der Waals surface area contributed by atoms with Crippen molar-refractivity contribution in [1.82, 2.24) is 14.6 Å². The van der Waals surface area contributed by atoms with E-state index < -0.39 is 10.0 Å². The molecule has 1 heterocycles. The van der Waals surface area contributed by atoms with E-state index in [0.29, 0.717) is 18.6 Å². The number of para-hydroxylation sites is 1. The van der Waals surface area contributed by atoms with Gasteiger partial charge in [-0.1, -0.05) is 38.5 Å². The Kier molecular flexibility index (Phi) is 6.50. The maximum absolute atomic E-state index is 12.6. The molecule has 2 aromatic rings. The van der Waals surface area contributed by atoms with Crippen LogP contribution in [0.5, 0.6) is 0 Å². The van der Waals surface area contributed by atoms with Crippen molar-refractivity contribution in [1.29, 1.82) is 0 Å². The third kappa shape index (κ3) is 4.73. The fourth-order valence-corrected chi connectivity index (χ4v) is 3.72. The zero-order chi connectivity index (χ0) is 16.7. The van der Waals surface area contributed by atoms with Crippen molar-refractivity contribution in [2.24, 2.45) is 0 Å². The standard InChI is InChI=1S/C17H25N3O2S/c1-3-5-13-20(4-2)14-12-19-23(21,22)16-10-6-8-15-9-7-11-18-17(15)16/h6-11,19H,3-5,12-14H2,1-2H3. The molecule has 0 aliphatic heterocycles. The van der Waals surface area contributed by atoms with E-state index in [4.69, 9.17) is 0 Å². The van der Waals surface area contributed by atoms with Crippen LogP contribution in [0.25, 0.3) is 10.9 Å². The predicted octanol–water partition coefficient (Wildman–Crippen LogP) is 2.64. The molecule has 1 N–H and O–H groups in total. The average molecular weight is 335 g/mol. The van der Waals surface area contributed by atoms with Gasteiger partial charge in [-0.2, -0.15) is 0 Å². The molecule has 0 atom stereocenters. The number of sulfonamides is 1. The van der Waals surface area contributed by atoms with E-state index >= 15 is 0 Å². The maximum atomic E-state index is 12.6. The quantitative estimate of drug-likeness (QED) is 0.765. The first kappa shape index (κ1) is 17.8. The lowest BCUT2D eigenvalue weighted by molar-refractivity contribution is 0.288. The molecule has 0 bridgehead atoms. The highest BCUT2D eigenvalue weighted by Crippen LogP contribution is 2.20. The molecule has 5 nitrogen and oxygen atoms in total. The molecule has 0 amide bonds. The fourth-order valence-electron chi connectivity index (χ4n) is 2.52. The third-order valence-electron chi connectivity index (χ3n) is 3.88. The number of likely N-dealkylation sites (N-methyl/N-ethyl adjacent to an activating group) is 1. The first-order valence-corrected chi connectivity index (χ1v) is 9.62. The summed E-state index contributed by atoms with van der Waals surface area (Å²) in [7, 11) is -3.55.